The summed E-state index contributed by atoms with van der Waals surface area (Å²) in [7, 11) is 0. The molecule has 0 amide bonds. The first-order valence-corrected chi connectivity index (χ1v) is 4.62. The van der Waals surface area contributed by atoms with E-state index in [1.807, 2.05) is 24.3 Å². The van der Waals surface area contributed by atoms with E-state index in [1.165, 1.54) is 6.07 Å². The monoisotopic (exact) mass is 197 g/mol. The van der Waals surface area contributed by atoms with Crippen molar-refractivity contribution in [3.05, 3.63) is 53.0 Å². The third kappa shape index (κ3) is 1.21. The molecule has 0 aliphatic heterocycles. The fourth-order valence-electron chi connectivity index (χ4n) is 1.66. The number of benzene rings is 1. The first-order valence-electron chi connectivity index (χ1n) is 4.62. The van der Waals surface area contributed by atoms with Crippen LogP contribution in [0.5, 0.6) is 0 Å². The van der Waals surface area contributed by atoms with Gasteiger partial charge in [0.1, 0.15) is 5.58 Å². The van der Waals surface area contributed by atoms with Gasteiger partial charge in [-0.3, -0.25) is 4.98 Å². The van der Waals surface area contributed by atoms with Crippen LogP contribution in [0.2, 0.25) is 0 Å². The summed E-state index contributed by atoms with van der Waals surface area (Å²) in [6.45, 7) is 0. The van der Waals surface area contributed by atoms with E-state index in [2.05, 4.69) is 4.98 Å². The van der Waals surface area contributed by atoms with E-state index in [4.69, 9.17) is 4.42 Å². The van der Waals surface area contributed by atoms with Crippen LogP contribution in [0.4, 0.5) is 0 Å². The van der Waals surface area contributed by atoms with Gasteiger partial charge in [-0.1, -0.05) is 12.1 Å². The zero-order valence-electron chi connectivity index (χ0n) is 7.81. The van der Waals surface area contributed by atoms with Crippen molar-refractivity contribution in [2.24, 2.45) is 0 Å². The van der Waals surface area contributed by atoms with Crippen LogP contribution in [0.25, 0.3) is 21.9 Å². The molecule has 0 saturated heterocycles. The molecule has 0 atom stereocenters. The second-order valence-corrected chi connectivity index (χ2v) is 3.31. The quantitative estimate of drug-likeness (QED) is 0.519. The van der Waals surface area contributed by atoms with Gasteiger partial charge in [0.05, 0.1) is 5.52 Å². The average molecular weight is 197 g/mol. The molecule has 3 aromatic rings. The summed E-state index contributed by atoms with van der Waals surface area (Å²) >= 11 is 0. The highest BCUT2D eigenvalue weighted by Gasteiger charge is 2.02. The summed E-state index contributed by atoms with van der Waals surface area (Å²) in [5, 5.41) is 1.71. The highest BCUT2D eigenvalue weighted by molar-refractivity contribution is 6.01. The van der Waals surface area contributed by atoms with E-state index in [9.17, 15) is 4.79 Å². The Balaban J connectivity index is 2.63. The summed E-state index contributed by atoms with van der Waals surface area (Å²) in [6.07, 6.45) is 1.71. The summed E-state index contributed by atoms with van der Waals surface area (Å²) in [4.78, 5) is 15.4. The molecule has 1 aromatic carbocycles. The van der Waals surface area contributed by atoms with Crippen LogP contribution >= 0.6 is 0 Å². The van der Waals surface area contributed by atoms with Crippen molar-refractivity contribution in [3.8, 4) is 0 Å². The SMILES string of the molecule is O=c1ccc2cnc3ccccc3c2o1. The maximum absolute atomic E-state index is 11.1. The minimum Gasteiger partial charge on any atom is -0.422 e. The van der Waals surface area contributed by atoms with E-state index < -0.39 is 0 Å². The standard InChI is InChI=1S/C12H7NO2/c14-11-6-5-8-7-13-10-4-2-1-3-9(10)12(8)15-11/h1-7H. The topological polar surface area (TPSA) is 43.1 Å². The molecule has 0 aliphatic rings. The Morgan fingerprint density at radius 3 is 2.87 bits per heavy atom. The number of fused-ring (bicyclic) bond motifs is 3. The van der Waals surface area contributed by atoms with Crippen LogP contribution in [-0.4, -0.2) is 4.98 Å². The minimum absolute atomic E-state index is 0.334. The number of hydrogen-bond acceptors (Lipinski definition) is 3. The molecule has 3 heteroatoms. The smallest absolute Gasteiger partial charge is 0.336 e. The average Bonchev–Trinajstić information content (AvgIpc) is 2.29. The highest BCUT2D eigenvalue weighted by atomic mass is 16.4. The molecule has 3 rings (SSSR count). The van der Waals surface area contributed by atoms with Gasteiger partial charge in [-0.15, -0.1) is 0 Å². The summed E-state index contributed by atoms with van der Waals surface area (Å²) in [6, 6.07) is 10.7. The Hall–Kier alpha value is -2.16. The Morgan fingerprint density at radius 1 is 1.07 bits per heavy atom. The van der Waals surface area contributed by atoms with Crippen molar-refractivity contribution in [2.45, 2.75) is 0 Å². The predicted molar refractivity (Wildman–Crippen MR) is 57.8 cm³/mol. The summed E-state index contributed by atoms with van der Waals surface area (Å²) in [5.74, 6) is 0. The normalized spacial score (nSPS) is 10.9. The van der Waals surface area contributed by atoms with Crippen LogP contribution < -0.4 is 5.63 Å². The maximum atomic E-state index is 11.1. The van der Waals surface area contributed by atoms with Gasteiger partial charge in [0.2, 0.25) is 0 Å². The fourth-order valence-corrected chi connectivity index (χ4v) is 1.66. The molecule has 2 heterocycles. The molecule has 0 N–H and O–H groups in total. The lowest BCUT2D eigenvalue weighted by molar-refractivity contribution is 0.564. The molecule has 72 valence electrons. The second-order valence-electron chi connectivity index (χ2n) is 3.31. The molecule has 0 fully saturated rings. The molecular weight excluding hydrogens is 190 g/mol. The lowest BCUT2D eigenvalue weighted by atomic mass is 10.1. The van der Waals surface area contributed by atoms with E-state index >= 15 is 0 Å². The summed E-state index contributed by atoms with van der Waals surface area (Å²) < 4.78 is 5.18. The van der Waals surface area contributed by atoms with Crippen molar-refractivity contribution in [2.75, 3.05) is 0 Å². The van der Waals surface area contributed by atoms with Crippen LogP contribution in [0.3, 0.4) is 0 Å². The highest BCUT2D eigenvalue weighted by Crippen LogP contribution is 2.21. The molecule has 0 aliphatic carbocycles. The number of pyridine rings is 1. The molecule has 0 unspecified atom stereocenters. The van der Waals surface area contributed by atoms with Gasteiger partial charge >= 0.3 is 5.63 Å². The number of para-hydroxylation sites is 1. The van der Waals surface area contributed by atoms with Gasteiger partial charge in [0.15, 0.2) is 0 Å². The van der Waals surface area contributed by atoms with Gasteiger partial charge in [-0.2, -0.15) is 0 Å². The number of rotatable bonds is 0. The predicted octanol–water partition coefficient (Wildman–Crippen LogP) is 2.34. The Kier molecular flexibility index (Phi) is 1.59. The Bertz CT molecular complexity index is 700. The van der Waals surface area contributed by atoms with Crippen LogP contribution in [0.15, 0.2) is 51.8 Å². The van der Waals surface area contributed by atoms with Crippen molar-refractivity contribution in [3.63, 3.8) is 0 Å². The van der Waals surface area contributed by atoms with Crippen molar-refractivity contribution in [1.29, 1.82) is 0 Å². The van der Waals surface area contributed by atoms with E-state index in [-0.39, 0.29) is 5.63 Å². The van der Waals surface area contributed by atoms with E-state index in [0.29, 0.717) is 5.58 Å². The molecular formula is C12H7NO2. The maximum Gasteiger partial charge on any atom is 0.336 e. The van der Waals surface area contributed by atoms with Crippen molar-refractivity contribution >= 4 is 21.9 Å². The molecule has 15 heavy (non-hydrogen) atoms. The largest absolute Gasteiger partial charge is 0.422 e. The van der Waals surface area contributed by atoms with E-state index in [1.54, 1.807) is 12.3 Å². The second kappa shape index (κ2) is 2.92. The van der Waals surface area contributed by atoms with Gasteiger partial charge in [0, 0.05) is 23.0 Å². The zero-order valence-corrected chi connectivity index (χ0v) is 7.81. The number of nitrogens with zero attached hydrogens (tertiary/aromatic N) is 1. The first kappa shape index (κ1) is 8.17. The molecule has 0 bridgehead atoms. The molecule has 3 nitrogen and oxygen atoms in total. The van der Waals surface area contributed by atoms with Crippen molar-refractivity contribution in [1.82, 2.24) is 4.98 Å². The molecule has 2 aromatic heterocycles. The van der Waals surface area contributed by atoms with Crippen LogP contribution in [0.1, 0.15) is 0 Å². The zero-order chi connectivity index (χ0) is 10.3. The van der Waals surface area contributed by atoms with E-state index in [0.717, 1.165) is 16.3 Å². The van der Waals surface area contributed by atoms with Crippen LogP contribution in [-0.2, 0) is 0 Å². The van der Waals surface area contributed by atoms with Gasteiger partial charge in [0.25, 0.3) is 0 Å². The molecule has 0 saturated carbocycles. The fraction of sp³-hybridized carbons (Fsp3) is 0. The molecule has 0 radical (unpaired) electrons. The number of aromatic nitrogens is 1. The van der Waals surface area contributed by atoms with Crippen molar-refractivity contribution < 1.29 is 4.42 Å². The lowest BCUT2D eigenvalue weighted by Gasteiger charge is -1.99. The molecule has 0 spiro atoms. The van der Waals surface area contributed by atoms with Gasteiger partial charge in [-0.25, -0.2) is 4.79 Å². The third-order valence-corrected chi connectivity index (χ3v) is 2.36. The minimum atomic E-state index is -0.334. The van der Waals surface area contributed by atoms with Gasteiger partial charge < -0.3 is 4.42 Å². The lowest BCUT2D eigenvalue weighted by Crippen LogP contribution is -1.95. The Labute approximate surface area is 85.0 Å². The third-order valence-electron chi connectivity index (χ3n) is 2.36. The summed E-state index contributed by atoms with van der Waals surface area (Å²) in [5.41, 5.74) is 1.10. The Morgan fingerprint density at radius 2 is 1.93 bits per heavy atom. The van der Waals surface area contributed by atoms with Crippen LogP contribution in [0, 0.1) is 0 Å². The number of hydrogen-bond donors (Lipinski definition) is 0. The van der Waals surface area contributed by atoms with Gasteiger partial charge in [-0.05, 0) is 18.2 Å². The first-order chi connectivity index (χ1) is 7.34.